The van der Waals surface area contributed by atoms with Crippen LogP contribution >= 0.6 is 0 Å². The van der Waals surface area contributed by atoms with Crippen LogP contribution in [-0.2, 0) is 6.54 Å². The molecule has 3 rings (SSSR count). The van der Waals surface area contributed by atoms with Crippen molar-refractivity contribution in [2.75, 3.05) is 11.1 Å². The van der Waals surface area contributed by atoms with E-state index in [0.29, 0.717) is 29.7 Å². The molecule has 0 aliphatic rings. The maximum atomic E-state index is 5.60. The van der Waals surface area contributed by atoms with Gasteiger partial charge in [0.2, 0.25) is 11.8 Å². The van der Waals surface area contributed by atoms with Crippen molar-refractivity contribution in [1.29, 1.82) is 0 Å². The smallest absolute Gasteiger partial charge is 0.224 e. The molecule has 3 heterocycles. The van der Waals surface area contributed by atoms with Crippen LogP contribution in [0, 0.1) is 6.92 Å². The van der Waals surface area contributed by atoms with Crippen molar-refractivity contribution >= 4 is 22.8 Å². The fourth-order valence-electron chi connectivity index (χ4n) is 1.56. The number of nitrogens with zero attached hydrogens (tertiary/aromatic N) is 5. The second-order valence-corrected chi connectivity index (χ2v) is 3.65. The Labute approximate surface area is 101 Å². The highest BCUT2D eigenvalue weighted by Crippen LogP contribution is 2.18. The first-order valence-electron chi connectivity index (χ1n) is 5.22. The zero-order valence-electron chi connectivity index (χ0n) is 9.51. The molecule has 0 unspecified atom stereocenters. The van der Waals surface area contributed by atoms with Gasteiger partial charge in [-0.15, -0.1) is 0 Å². The molecule has 0 saturated carbocycles. The Morgan fingerprint density at radius 3 is 3.06 bits per heavy atom. The molecule has 0 fully saturated rings. The first-order valence-corrected chi connectivity index (χ1v) is 5.22. The number of rotatable bonds is 3. The fourth-order valence-corrected chi connectivity index (χ4v) is 1.56. The van der Waals surface area contributed by atoms with E-state index in [0.717, 1.165) is 5.39 Å². The lowest BCUT2D eigenvalue weighted by atomic mass is 10.4. The van der Waals surface area contributed by atoms with E-state index in [1.54, 1.807) is 13.1 Å². The van der Waals surface area contributed by atoms with E-state index in [2.05, 4.69) is 35.6 Å². The number of aromatic nitrogens is 6. The van der Waals surface area contributed by atoms with Crippen LogP contribution in [0.4, 0.5) is 11.8 Å². The minimum absolute atomic E-state index is 0.165. The topological polar surface area (TPSA) is 131 Å². The van der Waals surface area contributed by atoms with Gasteiger partial charge in [0, 0.05) is 6.92 Å². The molecular weight excluding hydrogens is 236 g/mol. The first kappa shape index (κ1) is 10.4. The third kappa shape index (κ3) is 1.81. The molecule has 0 saturated heterocycles. The van der Waals surface area contributed by atoms with Crippen molar-refractivity contribution in [3.63, 3.8) is 0 Å². The quantitative estimate of drug-likeness (QED) is 0.598. The molecule has 0 aromatic carbocycles. The van der Waals surface area contributed by atoms with Crippen molar-refractivity contribution < 1.29 is 4.52 Å². The maximum Gasteiger partial charge on any atom is 0.224 e. The Balaban J connectivity index is 1.87. The zero-order valence-corrected chi connectivity index (χ0v) is 9.51. The molecule has 9 nitrogen and oxygen atoms in total. The molecule has 0 radical (unpaired) electrons. The minimum atomic E-state index is 0.165. The largest absolute Gasteiger partial charge is 0.368 e. The monoisotopic (exact) mass is 246 g/mol. The fraction of sp³-hybridized carbons (Fsp3) is 0.222. The van der Waals surface area contributed by atoms with Crippen molar-refractivity contribution in [2.45, 2.75) is 13.5 Å². The third-order valence-electron chi connectivity index (χ3n) is 2.31. The molecule has 0 amide bonds. The van der Waals surface area contributed by atoms with Gasteiger partial charge >= 0.3 is 0 Å². The number of anilines is 2. The van der Waals surface area contributed by atoms with Crippen LogP contribution < -0.4 is 11.1 Å². The Bertz CT molecular complexity index is 687. The lowest BCUT2D eigenvalue weighted by molar-refractivity contribution is 0.388. The highest BCUT2D eigenvalue weighted by atomic mass is 16.5. The number of nitrogen functional groups attached to an aromatic ring is 1. The summed E-state index contributed by atoms with van der Waals surface area (Å²) in [5, 5.41) is 14.2. The van der Waals surface area contributed by atoms with Crippen LogP contribution in [0.25, 0.3) is 11.0 Å². The van der Waals surface area contributed by atoms with E-state index in [1.807, 2.05) is 0 Å². The summed E-state index contributed by atoms with van der Waals surface area (Å²) in [6.45, 7) is 2.11. The molecule has 9 heteroatoms. The second kappa shape index (κ2) is 3.95. The number of fused-ring (bicyclic) bond motifs is 1. The van der Waals surface area contributed by atoms with E-state index in [1.165, 1.54) is 0 Å². The SMILES string of the molecule is Cc1nc(CNc2nc(N)nc3[nH]ncc23)no1. The van der Waals surface area contributed by atoms with Crippen LogP contribution in [0.15, 0.2) is 10.7 Å². The molecule has 0 aliphatic heterocycles. The lowest BCUT2D eigenvalue weighted by Crippen LogP contribution is -2.06. The summed E-state index contributed by atoms with van der Waals surface area (Å²) < 4.78 is 4.87. The number of hydrogen-bond donors (Lipinski definition) is 3. The van der Waals surface area contributed by atoms with Gasteiger partial charge in [0.1, 0.15) is 5.82 Å². The Morgan fingerprint density at radius 2 is 2.28 bits per heavy atom. The van der Waals surface area contributed by atoms with Crippen LogP contribution in [0.2, 0.25) is 0 Å². The highest BCUT2D eigenvalue weighted by molar-refractivity contribution is 5.86. The third-order valence-corrected chi connectivity index (χ3v) is 2.31. The molecule has 3 aromatic rings. The van der Waals surface area contributed by atoms with Crippen LogP contribution in [0.3, 0.4) is 0 Å². The number of nitrogens with two attached hydrogens (primary N) is 1. The number of nitrogens with one attached hydrogen (secondary N) is 2. The van der Waals surface area contributed by atoms with Gasteiger partial charge in [0.15, 0.2) is 11.5 Å². The molecule has 0 spiro atoms. The second-order valence-electron chi connectivity index (χ2n) is 3.65. The molecule has 0 atom stereocenters. The van der Waals surface area contributed by atoms with Gasteiger partial charge in [-0.25, -0.2) is 0 Å². The summed E-state index contributed by atoms with van der Waals surface area (Å²) in [5.74, 6) is 1.80. The summed E-state index contributed by atoms with van der Waals surface area (Å²) in [6, 6.07) is 0. The highest BCUT2D eigenvalue weighted by Gasteiger charge is 2.09. The van der Waals surface area contributed by atoms with E-state index in [4.69, 9.17) is 10.3 Å². The number of hydrogen-bond acceptors (Lipinski definition) is 8. The van der Waals surface area contributed by atoms with Gasteiger partial charge < -0.3 is 15.6 Å². The first-order chi connectivity index (χ1) is 8.72. The predicted octanol–water partition coefficient (Wildman–Crippen LogP) is 0.239. The zero-order chi connectivity index (χ0) is 12.5. The predicted molar refractivity (Wildman–Crippen MR) is 62.5 cm³/mol. The molecule has 0 aliphatic carbocycles. The molecule has 92 valence electrons. The summed E-state index contributed by atoms with van der Waals surface area (Å²) in [5.41, 5.74) is 6.18. The van der Waals surface area contributed by atoms with Crippen molar-refractivity contribution in [1.82, 2.24) is 30.3 Å². The lowest BCUT2D eigenvalue weighted by Gasteiger charge is -2.04. The van der Waals surface area contributed by atoms with Gasteiger partial charge in [-0.3, -0.25) is 5.10 Å². The molecule has 18 heavy (non-hydrogen) atoms. The molecule has 3 aromatic heterocycles. The number of aromatic amines is 1. The molecular formula is C9H10N8O. The summed E-state index contributed by atoms with van der Waals surface area (Å²) in [4.78, 5) is 12.2. The van der Waals surface area contributed by atoms with Crippen LogP contribution in [-0.4, -0.2) is 30.3 Å². The maximum absolute atomic E-state index is 5.60. The van der Waals surface area contributed by atoms with Crippen molar-refractivity contribution in [2.24, 2.45) is 0 Å². The average Bonchev–Trinajstić information content (AvgIpc) is 2.94. The summed E-state index contributed by atoms with van der Waals surface area (Å²) >= 11 is 0. The van der Waals surface area contributed by atoms with Gasteiger partial charge in [0.25, 0.3) is 0 Å². The Kier molecular flexibility index (Phi) is 2.29. The van der Waals surface area contributed by atoms with Gasteiger partial charge in [-0.1, -0.05) is 5.16 Å². The van der Waals surface area contributed by atoms with Crippen molar-refractivity contribution in [3.05, 3.63) is 17.9 Å². The van der Waals surface area contributed by atoms with E-state index in [9.17, 15) is 0 Å². The van der Waals surface area contributed by atoms with Gasteiger partial charge in [0.05, 0.1) is 18.1 Å². The van der Waals surface area contributed by atoms with Crippen molar-refractivity contribution in [3.8, 4) is 0 Å². The average molecular weight is 246 g/mol. The Morgan fingerprint density at radius 1 is 1.39 bits per heavy atom. The van der Waals surface area contributed by atoms with Crippen LogP contribution in [0.1, 0.15) is 11.7 Å². The molecule has 4 N–H and O–H groups in total. The van der Waals surface area contributed by atoms with E-state index < -0.39 is 0 Å². The minimum Gasteiger partial charge on any atom is -0.368 e. The normalized spacial score (nSPS) is 10.9. The number of aryl methyl sites for hydroxylation is 1. The summed E-state index contributed by atoms with van der Waals surface area (Å²) in [6.07, 6.45) is 1.62. The summed E-state index contributed by atoms with van der Waals surface area (Å²) in [7, 11) is 0. The van der Waals surface area contributed by atoms with Gasteiger partial charge in [-0.05, 0) is 0 Å². The van der Waals surface area contributed by atoms with E-state index >= 15 is 0 Å². The Hall–Kier alpha value is -2.71. The van der Waals surface area contributed by atoms with E-state index in [-0.39, 0.29) is 5.95 Å². The molecule has 0 bridgehead atoms. The van der Waals surface area contributed by atoms with Crippen LogP contribution in [0.5, 0.6) is 0 Å². The van der Waals surface area contributed by atoms with Gasteiger partial charge in [-0.2, -0.15) is 20.1 Å². The number of H-pyrrole nitrogens is 1. The standard InChI is InChI=1S/C9H10N8O/c1-4-13-6(17-18-4)3-11-7-5-2-12-16-8(5)15-9(10)14-7/h2H,3H2,1H3,(H4,10,11,12,14,15,16).